The molecular weight excluding hydrogens is 374 g/mol. The lowest BCUT2D eigenvalue weighted by molar-refractivity contribution is -0.131. The number of nitrogens with zero attached hydrogens (tertiary/aromatic N) is 2. The van der Waals surface area contributed by atoms with Crippen molar-refractivity contribution in [1.82, 2.24) is 15.2 Å². The van der Waals surface area contributed by atoms with Gasteiger partial charge in [0.25, 0.3) is 5.91 Å². The second-order valence-corrected chi connectivity index (χ2v) is 8.73. The standard InChI is InChI=1S/C24H31N5O/c1-29-22(30)24(28-23(29)25,13-12-18-7-3-2-4-8-18)16-19-9-5-10-20(15-19)27-21-11-6-14-26-17-21/h2-4,6-8,11,14,17,19-20,27H,5,9-10,12-13,15-16H2,1H3,(H2,25,28)/t19-,20-,24+/m0/s1. The Hall–Kier alpha value is -2.89. The summed E-state index contributed by atoms with van der Waals surface area (Å²) in [6.45, 7) is 0. The summed E-state index contributed by atoms with van der Waals surface area (Å²) in [5.74, 6) is 0.694. The highest BCUT2D eigenvalue weighted by atomic mass is 16.2. The Bertz CT molecular complexity index is 872. The summed E-state index contributed by atoms with van der Waals surface area (Å²) in [5.41, 5.74) is 1.61. The zero-order chi connectivity index (χ0) is 21.0. The lowest BCUT2D eigenvalue weighted by atomic mass is 9.75. The van der Waals surface area contributed by atoms with Crippen LogP contribution in [0, 0.1) is 11.3 Å². The molecule has 1 aromatic carbocycles. The van der Waals surface area contributed by atoms with Gasteiger partial charge in [-0.3, -0.25) is 20.1 Å². The molecule has 0 radical (unpaired) electrons. The Kier molecular flexibility index (Phi) is 6.02. The van der Waals surface area contributed by atoms with Crippen molar-refractivity contribution in [2.75, 3.05) is 12.4 Å². The summed E-state index contributed by atoms with van der Waals surface area (Å²) in [5, 5.41) is 15.1. The van der Waals surface area contributed by atoms with Gasteiger partial charge in [-0.2, -0.15) is 0 Å². The van der Waals surface area contributed by atoms with E-state index >= 15 is 0 Å². The SMILES string of the molecule is CN1C(=N)N[C@](CCc2ccccc2)(C[C@H]2CCC[C@H](Nc3cccnc3)C2)C1=O. The predicted octanol–water partition coefficient (Wildman–Crippen LogP) is 3.81. The van der Waals surface area contributed by atoms with Gasteiger partial charge in [-0.05, 0) is 55.7 Å². The number of carbonyl (C=O) groups is 1. The zero-order valence-corrected chi connectivity index (χ0v) is 17.6. The van der Waals surface area contributed by atoms with Crippen LogP contribution >= 0.6 is 0 Å². The quantitative estimate of drug-likeness (QED) is 0.654. The lowest BCUT2D eigenvalue weighted by Crippen LogP contribution is -2.49. The molecule has 2 fully saturated rings. The molecule has 0 unspecified atom stereocenters. The first-order valence-electron chi connectivity index (χ1n) is 10.9. The van der Waals surface area contributed by atoms with Crippen LogP contribution in [0.1, 0.15) is 44.1 Å². The van der Waals surface area contributed by atoms with E-state index in [1.54, 1.807) is 13.2 Å². The highest BCUT2D eigenvalue weighted by Gasteiger charge is 2.49. The maximum absolute atomic E-state index is 13.2. The van der Waals surface area contributed by atoms with Crippen LogP contribution in [0.25, 0.3) is 0 Å². The van der Waals surface area contributed by atoms with Crippen molar-refractivity contribution in [1.29, 1.82) is 5.41 Å². The van der Waals surface area contributed by atoms with Crippen molar-refractivity contribution in [3.05, 3.63) is 60.4 Å². The number of carbonyl (C=O) groups excluding carboxylic acids is 1. The van der Waals surface area contributed by atoms with Gasteiger partial charge in [-0.25, -0.2) is 0 Å². The minimum absolute atomic E-state index is 0.0331. The molecule has 4 rings (SSSR count). The lowest BCUT2D eigenvalue weighted by Gasteiger charge is -2.36. The fourth-order valence-corrected chi connectivity index (χ4v) is 4.98. The predicted molar refractivity (Wildman–Crippen MR) is 119 cm³/mol. The van der Waals surface area contributed by atoms with E-state index in [1.807, 2.05) is 30.5 Å². The van der Waals surface area contributed by atoms with Gasteiger partial charge in [0.1, 0.15) is 5.54 Å². The van der Waals surface area contributed by atoms with Gasteiger partial charge >= 0.3 is 0 Å². The Morgan fingerprint density at radius 3 is 2.77 bits per heavy atom. The van der Waals surface area contributed by atoms with Gasteiger partial charge in [0, 0.05) is 25.5 Å². The molecule has 30 heavy (non-hydrogen) atoms. The number of aryl methyl sites for hydroxylation is 1. The molecule has 2 aromatic rings. The van der Waals surface area contributed by atoms with Crippen LogP contribution < -0.4 is 10.6 Å². The Balaban J connectivity index is 1.46. The molecule has 3 N–H and O–H groups in total. The molecule has 1 aliphatic heterocycles. The van der Waals surface area contributed by atoms with Gasteiger partial charge in [-0.1, -0.05) is 43.2 Å². The number of hydrogen-bond acceptors (Lipinski definition) is 4. The van der Waals surface area contributed by atoms with E-state index < -0.39 is 5.54 Å². The molecule has 0 spiro atoms. The summed E-state index contributed by atoms with van der Waals surface area (Å²) in [7, 11) is 1.70. The highest BCUT2D eigenvalue weighted by molar-refractivity contribution is 6.07. The number of nitrogens with one attached hydrogen (secondary N) is 3. The van der Waals surface area contributed by atoms with Crippen molar-refractivity contribution >= 4 is 17.6 Å². The third-order valence-electron chi connectivity index (χ3n) is 6.54. The number of anilines is 1. The van der Waals surface area contributed by atoms with E-state index in [1.165, 1.54) is 10.5 Å². The molecule has 1 saturated carbocycles. The normalized spacial score (nSPS) is 26.5. The van der Waals surface area contributed by atoms with Crippen molar-refractivity contribution in [2.45, 2.75) is 56.5 Å². The van der Waals surface area contributed by atoms with E-state index in [0.29, 0.717) is 18.4 Å². The number of aromatic nitrogens is 1. The van der Waals surface area contributed by atoms with Crippen LogP contribution in [0.4, 0.5) is 5.69 Å². The average Bonchev–Trinajstić information content (AvgIpc) is 2.98. The largest absolute Gasteiger partial charge is 0.381 e. The topological polar surface area (TPSA) is 81.1 Å². The van der Waals surface area contributed by atoms with Crippen molar-refractivity contribution in [2.24, 2.45) is 5.92 Å². The third kappa shape index (κ3) is 4.48. The number of amides is 1. The minimum atomic E-state index is -0.678. The van der Waals surface area contributed by atoms with Crippen molar-refractivity contribution in [3.8, 4) is 0 Å². The third-order valence-corrected chi connectivity index (χ3v) is 6.54. The van der Waals surface area contributed by atoms with Crippen LogP contribution in [0.15, 0.2) is 54.9 Å². The number of rotatable bonds is 7. The average molecular weight is 406 g/mol. The minimum Gasteiger partial charge on any atom is -0.381 e. The summed E-state index contributed by atoms with van der Waals surface area (Å²) in [6.07, 6.45) is 10.4. The first-order chi connectivity index (χ1) is 14.6. The van der Waals surface area contributed by atoms with E-state index in [4.69, 9.17) is 5.41 Å². The number of benzene rings is 1. The summed E-state index contributed by atoms with van der Waals surface area (Å²) in [4.78, 5) is 18.9. The first kappa shape index (κ1) is 20.4. The molecule has 1 aromatic heterocycles. The van der Waals surface area contributed by atoms with E-state index in [0.717, 1.165) is 44.2 Å². The van der Waals surface area contributed by atoms with E-state index in [2.05, 4.69) is 33.8 Å². The number of hydrogen-bond donors (Lipinski definition) is 3. The fourth-order valence-electron chi connectivity index (χ4n) is 4.98. The summed E-state index contributed by atoms with van der Waals surface area (Å²) < 4.78 is 0. The molecular formula is C24H31N5O. The van der Waals surface area contributed by atoms with Crippen LogP contribution in [-0.4, -0.2) is 40.4 Å². The number of likely N-dealkylation sites (N-methyl/N-ethyl adjacent to an activating group) is 1. The van der Waals surface area contributed by atoms with Crippen LogP contribution in [0.5, 0.6) is 0 Å². The van der Waals surface area contributed by atoms with Gasteiger partial charge in [0.2, 0.25) is 0 Å². The summed E-state index contributed by atoms with van der Waals surface area (Å²) >= 11 is 0. The van der Waals surface area contributed by atoms with Crippen LogP contribution in [0.2, 0.25) is 0 Å². The molecule has 0 bridgehead atoms. The van der Waals surface area contributed by atoms with Crippen molar-refractivity contribution in [3.63, 3.8) is 0 Å². The van der Waals surface area contributed by atoms with Crippen LogP contribution in [0.3, 0.4) is 0 Å². The van der Waals surface area contributed by atoms with Gasteiger partial charge in [0.05, 0.1) is 5.69 Å². The second kappa shape index (κ2) is 8.86. The number of guanidine groups is 1. The molecule has 158 valence electrons. The Morgan fingerprint density at radius 2 is 2.07 bits per heavy atom. The molecule has 1 aliphatic carbocycles. The van der Waals surface area contributed by atoms with Gasteiger partial charge < -0.3 is 10.6 Å². The maximum Gasteiger partial charge on any atom is 0.254 e. The molecule has 2 aliphatic rings. The second-order valence-electron chi connectivity index (χ2n) is 8.73. The number of pyridine rings is 1. The monoisotopic (exact) mass is 405 g/mol. The smallest absolute Gasteiger partial charge is 0.254 e. The fraction of sp³-hybridized carbons (Fsp3) is 0.458. The molecule has 1 saturated heterocycles. The van der Waals surface area contributed by atoms with Gasteiger partial charge in [0.15, 0.2) is 5.96 Å². The molecule has 6 nitrogen and oxygen atoms in total. The van der Waals surface area contributed by atoms with E-state index in [9.17, 15) is 4.79 Å². The Morgan fingerprint density at radius 1 is 1.23 bits per heavy atom. The highest BCUT2D eigenvalue weighted by Crippen LogP contribution is 2.36. The first-order valence-corrected chi connectivity index (χ1v) is 10.9. The van der Waals surface area contributed by atoms with Crippen molar-refractivity contribution < 1.29 is 4.79 Å². The van der Waals surface area contributed by atoms with E-state index in [-0.39, 0.29) is 11.9 Å². The zero-order valence-electron chi connectivity index (χ0n) is 17.6. The van der Waals surface area contributed by atoms with Crippen LogP contribution in [-0.2, 0) is 11.2 Å². The summed E-state index contributed by atoms with van der Waals surface area (Å²) in [6, 6.07) is 14.7. The Labute approximate surface area is 178 Å². The molecule has 3 atom stereocenters. The molecule has 2 heterocycles. The molecule has 6 heteroatoms. The molecule has 1 amide bonds. The maximum atomic E-state index is 13.2. The van der Waals surface area contributed by atoms with Gasteiger partial charge in [-0.15, -0.1) is 0 Å².